The van der Waals surface area contributed by atoms with Gasteiger partial charge in [-0.25, -0.2) is 0 Å². The summed E-state index contributed by atoms with van der Waals surface area (Å²) < 4.78 is 172. The van der Waals surface area contributed by atoms with Crippen molar-refractivity contribution in [2.75, 3.05) is 0 Å². The summed E-state index contributed by atoms with van der Waals surface area (Å²) in [4.78, 5) is 0. The first-order chi connectivity index (χ1) is 28.1. The van der Waals surface area contributed by atoms with E-state index in [1.165, 1.54) is 18.2 Å². The minimum Gasteiger partial charge on any atom is -0.309 e. The van der Waals surface area contributed by atoms with Crippen LogP contribution in [0.1, 0.15) is 38.9 Å². The van der Waals surface area contributed by atoms with Crippen molar-refractivity contribution in [2.24, 2.45) is 0 Å². The lowest BCUT2D eigenvalue weighted by Gasteiger charge is -2.20. The number of benzene rings is 6. The van der Waals surface area contributed by atoms with E-state index >= 15 is 0 Å². The molecule has 6 aromatic carbocycles. The van der Waals surface area contributed by atoms with Crippen LogP contribution in [-0.2, 0) is 24.7 Å². The SMILES string of the molecule is N#Cc1cc(C#N)cc(-c2cc(-n3c4cc(C(F)(F)F)ccc4c4ccc(C(F)(F)F)cc43)c(C#N)cc2-n2c3cc(C(F)(F)F)ccc3c3ccc(C(F)(F)F)cc32)c1. The van der Waals surface area contributed by atoms with Crippen molar-refractivity contribution in [2.45, 2.75) is 24.7 Å². The summed E-state index contributed by atoms with van der Waals surface area (Å²) in [5.74, 6) is 0. The topological polar surface area (TPSA) is 81.2 Å². The van der Waals surface area contributed by atoms with Crippen LogP contribution in [0.15, 0.2) is 103 Å². The molecule has 2 aromatic heterocycles. The summed E-state index contributed by atoms with van der Waals surface area (Å²) in [5.41, 5.74) is -7.81. The van der Waals surface area contributed by atoms with Crippen molar-refractivity contribution in [1.29, 1.82) is 15.8 Å². The third-order valence-corrected chi connectivity index (χ3v) is 10.1. The van der Waals surface area contributed by atoms with Crippen molar-refractivity contribution >= 4 is 43.6 Å². The van der Waals surface area contributed by atoms with Gasteiger partial charge in [-0.2, -0.15) is 68.5 Å². The highest BCUT2D eigenvalue weighted by Gasteiger charge is 2.36. The minimum absolute atomic E-state index is 0.0289. The summed E-state index contributed by atoms with van der Waals surface area (Å²) in [6.45, 7) is 0. The van der Waals surface area contributed by atoms with Gasteiger partial charge in [-0.1, -0.05) is 24.3 Å². The van der Waals surface area contributed by atoms with E-state index in [4.69, 9.17) is 0 Å². The van der Waals surface area contributed by atoms with Crippen LogP contribution in [0.2, 0.25) is 0 Å². The Morgan fingerprint density at radius 1 is 0.367 bits per heavy atom. The van der Waals surface area contributed by atoms with E-state index in [-0.39, 0.29) is 77.2 Å². The summed E-state index contributed by atoms with van der Waals surface area (Å²) in [6, 6.07) is 21.0. The van der Waals surface area contributed by atoms with E-state index in [1.807, 2.05) is 18.2 Å². The maximum atomic E-state index is 14.2. The van der Waals surface area contributed by atoms with Gasteiger partial charge in [-0.3, -0.25) is 0 Å². The van der Waals surface area contributed by atoms with E-state index < -0.39 is 52.5 Å². The van der Waals surface area contributed by atoms with Crippen LogP contribution in [0.5, 0.6) is 0 Å². The zero-order valence-electron chi connectivity index (χ0n) is 29.6. The second-order valence-electron chi connectivity index (χ2n) is 13.6. The Morgan fingerprint density at radius 3 is 1.00 bits per heavy atom. The van der Waals surface area contributed by atoms with Crippen molar-refractivity contribution < 1.29 is 52.7 Å². The quantitative estimate of drug-likeness (QED) is 0.166. The van der Waals surface area contributed by atoms with Crippen LogP contribution in [-0.4, -0.2) is 9.13 Å². The third-order valence-electron chi connectivity index (χ3n) is 10.1. The third kappa shape index (κ3) is 6.47. The molecule has 0 unspecified atom stereocenters. The summed E-state index contributed by atoms with van der Waals surface area (Å²) >= 11 is 0. The van der Waals surface area contributed by atoms with Crippen LogP contribution < -0.4 is 0 Å². The Labute approximate surface area is 328 Å². The second kappa shape index (κ2) is 13.3. The number of rotatable bonds is 3. The lowest BCUT2D eigenvalue weighted by molar-refractivity contribution is -0.138. The number of fused-ring (bicyclic) bond motifs is 6. The van der Waals surface area contributed by atoms with Gasteiger partial charge in [0.2, 0.25) is 0 Å². The molecule has 0 atom stereocenters. The maximum Gasteiger partial charge on any atom is 0.416 e. The molecule has 8 aromatic rings. The van der Waals surface area contributed by atoms with E-state index in [0.29, 0.717) is 36.4 Å². The number of nitriles is 3. The molecule has 298 valence electrons. The van der Waals surface area contributed by atoms with E-state index in [0.717, 1.165) is 57.7 Å². The van der Waals surface area contributed by atoms with Gasteiger partial charge >= 0.3 is 24.7 Å². The molecule has 0 amide bonds. The summed E-state index contributed by atoms with van der Waals surface area (Å²) in [6.07, 6.45) is -19.8. The van der Waals surface area contributed by atoms with E-state index in [9.17, 15) is 68.5 Å². The molecule has 0 spiro atoms. The number of alkyl halides is 12. The van der Waals surface area contributed by atoms with Crippen LogP contribution in [0, 0.1) is 34.0 Å². The molecule has 17 heteroatoms. The molecule has 0 aliphatic carbocycles. The molecule has 60 heavy (non-hydrogen) atoms. The zero-order chi connectivity index (χ0) is 43.3. The summed E-state index contributed by atoms with van der Waals surface area (Å²) in [5, 5.41) is 30.6. The maximum absolute atomic E-state index is 14.2. The number of hydrogen-bond acceptors (Lipinski definition) is 3. The molecular formula is C43H17F12N5. The van der Waals surface area contributed by atoms with E-state index in [1.54, 1.807) is 0 Å². The lowest BCUT2D eigenvalue weighted by Crippen LogP contribution is -2.08. The molecule has 0 fully saturated rings. The number of nitrogens with zero attached hydrogens (tertiary/aromatic N) is 5. The Balaban J connectivity index is 1.59. The van der Waals surface area contributed by atoms with Crippen LogP contribution in [0.4, 0.5) is 52.7 Å². The van der Waals surface area contributed by atoms with Crippen molar-refractivity contribution in [3.05, 3.63) is 142 Å². The van der Waals surface area contributed by atoms with Gasteiger partial charge < -0.3 is 9.13 Å². The molecular weight excluding hydrogens is 814 g/mol. The highest BCUT2D eigenvalue weighted by Crippen LogP contribution is 2.45. The van der Waals surface area contributed by atoms with Crippen LogP contribution >= 0.6 is 0 Å². The first-order valence-corrected chi connectivity index (χ1v) is 17.1. The predicted molar refractivity (Wildman–Crippen MR) is 195 cm³/mol. The van der Waals surface area contributed by atoms with Gasteiger partial charge in [-0.15, -0.1) is 0 Å². The predicted octanol–water partition coefficient (Wildman–Crippen LogP) is 13.2. The largest absolute Gasteiger partial charge is 0.416 e. The van der Waals surface area contributed by atoms with Gasteiger partial charge in [0, 0.05) is 27.1 Å². The minimum atomic E-state index is -4.96. The Kier molecular flexibility index (Phi) is 8.72. The Bertz CT molecular complexity index is 3070. The number of hydrogen-bond donors (Lipinski definition) is 0. The standard InChI is InChI=1S/C43H17F12N5/c44-40(45,46)25-1-5-29-30-6-2-26(41(47,48)49)14-37(30)59(36(29)13-25)34-17-33(23-10-21(18-56)9-22(11-23)19-57)35(12-24(34)20-58)60-38-15-27(42(50,51)52)3-7-31(38)32-8-4-28(16-39(32)60)43(53,54)55/h1-17H. The normalized spacial score (nSPS) is 12.6. The van der Waals surface area contributed by atoms with Crippen molar-refractivity contribution in [3.8, 4) is 40.7 Å². The highest BCUT2D eigenvalue weighted by atomic mass is 19.4. The van der Waals surface area contributed by atoms with Crippen molar-refractivity contribution in [3.63, 3.8) is 0 Å². The first-order valence-electron chi connectivity index (χ1n) is 17.1. The van der Waals surface area contributed by atoms with Gasteiger partial charge in [0.25, 0.3) is 0 Å². The molecule has 0 saturated heterocycles. The Hall–Kier alpha value is -7.45. The van der Waals surface area contributed by atoms with E-state index in [2.05, 4.69) is 0 Å². The molecule has 2 heterocycles. The van der Waals surface area contributed by atoms with Gasteiger partial charge in [0.15, 0.2) is 0 Å². The zero-order valence-corrected chi connectivity index (χ0v) is 29.6. The molecule has 0 N–H and O–H groups in total. The average molecular weight is 832 g/mol. The van der Waals surface area contributed by atoms with Crippen LogP contribution in [0.3, 0.4) is 0 Å². The fourth-order valence-electron chi connectivity index (χ4n) is 7.44. The lowest BCUT2D eigenvalue weighted by atomic mass is 9.96. The van der Waals surface area contributed by atoms with Gasteiger partial charge in [0.1, 0.15) is 6.07 Å². The Morgan fingerprint density at radius 2 is 0.700 bits per heavy atom. The molecule has 0 aliphatic rings. The number of halogens is 12. The molecule has 5 nitrogen and oxygen atoms in total. The smallest absolute Gasteiger partial charge is 0.309 e. The van der Waals surface area contributed by atoms with Gasteiger partial charge in [0.05, 0.1) is 84.5 Å². The fourth-order valence-corrected chi connectivity index (χ4v) is 7.44. The number of aromatic nitrogens is 2. The fraction of sp³-hybridized carbons (Fsp3) is 0.0930. The molecule has 0 aliphatic heterocycles. The molecule has 0 radical (unpaired) electrons. The van der Waals surface area contributed by atoms with Crippen molar-refractivity contribution in [1.82, 2.24) is 9.13 Å². The molecule has 0 saturated carbocycles. The second-order valence-corrected chi connectivity index (χ2v) is 13.6. The monoisotopic (exact) mass is 831 g/mol. The highest BCUT2D eigenvalue weighted by molar-refractivity contribution is 6.12. The van der Waals surface area contributed by atoms with Crippen LogP contribution in [0.25, 0.3) is 66.1 Å². The first kappa shape index (κ1) is 39.4. The summed E-state index contributed by atoms with van der Waals surface area (Å²) in [7, 11) is 0. The van der Waals surface area contributed by atoms with Gasteiger partial charge in [-0.05, 0) is 84.4 Å². The molecule has 8 rings (SSSR count). The average Bonchev–Trinajstić information content (AvgIpc) is 3.70. The molecule has 0 bridgehead atoms.